The average molecular weight is 282 g/mol. The van der Waals surface area contributed by atoms with Gasteiger partial charge in [0.1, 0.15) is 0 Å². The zero-order valence-corrected chi connectivity index (χ0v) is 13.0. The Morgan fingerprint density at radius 2 is 1.67 bits per heavy atom. The monoisotopic (exact) mass is 282 g/mol. The molecule has 1 aromatic heterocycles. The van der Waals surface area contributed by atoms with Gasteiger partial charge in [0.25, 0.3) is 0 Å². The maximum Gasteiger partial charge on any atom is 0.159 e. The molecule has 0 radical (unpaired) electrons. The molecule has 0 aliphatic carbocycles. The van der Waals surface area contributed by atoms with Crippen molar-refractivity contribution in [2.45, 2.75) is 20.8 Å². The van der Waals surface area contributed by atoms with Gasteiger partial charge in [0.05, 0.1) is 17.1 Å². The van der Waals surface area contributed by atoms with Crippen molar-refractivity contribution in [1.82, 2.24) is 15.3 Å². The van der Waals surface area contributed by atoms with Gasteiger partial charge in [-0.1, -0.05) is 23.8 Å². The summed E-state index contributed by atoms with van der Waals surface area (Å²) in [6, 6.07) is 8.37. The van der Waals surface area contributed by atoms with Gasteiger partial charge < -0.3 is 10.2 Å². The lowest BCUT2D eigenvalue weighted by molar-refractivity contribution is 0.586. The molecule has 21 heavy (non-hydrogen) atoms. The Bertz CT molecular complexity index is 622. The normalized spacial score (nSPS) is 15.3. The standard InChI is InChI=1S/C17H22N4/c1-12-5-4-6-15(11-12)17-19-13(2)16(14(3)20-17)21-9-7-18-8-10-21/h4-6,11,18H,7-10H2,1-3H3. The SMILES string of the molecule is Cc1cccc(-c2nc(C)c(N3CCNCC3)c(C)n2)c1. The highest BCUT2D eigenvalue weighted by molar-refractivity contribution is 5.62. The van der Waals surface area contributed by atoms with Crippen molar-refractivity contribution >= 4 is 5.69 Å². The molecule has 2 aromatic rings. The summed E-state index contributed by atoms with van der Waals surface area (Å²) < 4.78 is 0. The molecule has 1 N–H and O–H groups in total. The second kappa shape index (κ2) is 5.82. The molecule has 0 saturated carbocycles. The second-order valence-corrected chi connectivity index (χ2v) is 5.67. The maximum absolute atomic E-state index is 4.75. The van der Waals surface area contributed by atoms with E-state index in [0.29, 0.717) is 0 Å². The largest absolute Gasteiger partial charge is 0.366 e. The van der Waals surface area contributed by atoms with Crippen LogP contribution in [0.15, 0.2) is 24.3 Å². The highest BCUT2D eigenvalue weighted by atomic mass is 15.2. The summed E-state index contributed by atoms with van der Waals surface area (Å²) in [6.45, 7) is 10.4. The number of rotatable bonds is 2. The summed E-state index contributed by atoms with van der Waals surface area (Å²) in [5.74, 6) is 0.826. The van der Waals surface area contributed by atoms with E-state index in [4.69, 9.17) is 9.97 Å². The Balaban J connectivity index is 1.99. The van der Waals surface area contributed by atoms with Crippen molar-refractivity contribution in [2.75, 3.05) is 31.1 Å². The summed E-state index contributed by atoms with van der Waals surface area (Å²) in [5, 5.41) is 3.38. The van der Waals surface area contributed by atoms with Crippen LogP contribution in [0.1, 0.15) is 17.0 Å². The predicted molar refractivity (Wildman–Crippen MR) is 86.8 cm³/mol. The van der Waals surface area contributed by atoms with Crippen molar-refractivity contribution in [3.8, 4) is 11.4 Å². The van der Waals surface area contributed by atoms with E-state index in [1.54, 1.807) is 0 Å². The Hall–Kier alpha value is -1.94. The van der Waals surface area contributed by atoms with Gasteiger partial charge in [-0.15, -0.1) is 0 Å². The van der Waals surface area contributed by atoms with Gasteiger partial charge in [0.2, 0.25) is 0 Å². The Morgan fingerprint density at radius 3 is 2.29 bits per heavy atom. The smallest absolute Gasteiger partial charge is 0.159 e. The fraction of sp³-hybridized carbons (Fsp3) is 0.412. The molecule has 0 unspecified atom stereocenters. The molecule has 0 bridgehead atoms. The summed E-state index contributed by atoms with van der Waals surface area (Å²) >= 11 is 0. The van der Waals surface area contributed by atoms with Gasteiger partial charge in [-0.2, -0.15) is 0 Å². The van der Waals surface area contributed by atoms with Crippen LogP contribution in [0.25, 0.3) is 11.4 Å². The molecule has 1 aliphatic heterocycles. The third-order valence-electron chi connectivity index (χ3n) is 3.94. The van der Waals surface area contributed by atoms with E-state index in [-0.39, 0.29) is 0 Å². The van der Waals surface area contributed by atoms with Crippen LogP contribution in [0, 0.1) is 20.8 Å². The third kappa shape index (κ3) is 2.90. The number of aryl methyl sites for hydroxylation is 3. The topological polar surface area (TPSA) is 41.1 Å². The van der Waals surface area contributed by atoms with Gasteiger partial charge in [-0.05, 0) is 26.8 Å². The van der Waals surface area contributed by atoms with E-state index in [1.165, 1.54) is 11.3 Å². The van der Waals surface area contributed by atoms with E-state index in [9.17, 15) is 0 Å². The van der Waals surface area contributed by atoms with E-state index >= 15 is 0 Å². The fourth-order valence-corrected chi connectivity index (χ4v) is 2.97. The number of hydrogen-bond donors (Lipinski definition) is 1. The third-order valence-corrected chi connectivity index (χ3v) is 3.94. The maximum atomic E-state index is 4.75. The molecule has 2 heterocycles. The average Bonchev–Trinajstić information content (AvgIpc) is 2.47. The fourth-order valence-electron chi connectivity index (χ4n) is 2.97. The molecule has 0 spiro atoms. The number of aromatic nitrogens is 2. The van der Waals surface area contributed by atoms with Crippen LogP contribution < -0.4 is 10.2 Å². The quantitative estimate of drug-likeness (QED) is 0.919. The van der Waals surface area contributed by atoms with Crippen LogP contribution in [0.2, 0.25) is 0 Å². The summed E-state index contributed by atoms with van der Waals surface area (Å²) in [6.07, 6.45) is 0. The Morgan fingerprint density at radius 1 is 1.00 bits per heavy atom. The highest BCUT2D eigenvalue weighted by Crippen LogP contribution is 2.26. The molecule has 1 saturated heterocycles. The highest BCUT2D eigenvalue weighted by Gasteiger charge is 2.18. The first kappa shape index (κ1) is 14.0. The van der Waals surface area contributed by atoms with E-state index in [2.05, 4.69) is 55.3 Å². The lowest BCUT2D eigenvalue weighted by Crippen LogP contribution is -2.44. The Labute approximate surface area is 126 Å². The summed E-state index contributed by atoms with van der Waals surface area (Å²) in [4.78, 5) is 11.9. The molecule has 3 rings (SSSR count). The minimum absolute atomic E-state index is 0.826. The van der Waals surface area contributed by atoms with Crippen LogP contribution in [0.3, 0.4) is 0 Å². The number of nitrogens with zero attached hydrogens (tertiary/aromatic N) is 3. The Kier molecular flexibility index (Phi) is 3.88. The lowest BCUT2D eigenvalue weighted by Gasteiger charge is -2.31. The molecule has 1 aliphatic rings. The van der Waals surface area contributed by atoms with Crippen molar-refractivity contribution < 1.29 is 0 Å². The minimum Gasteiger partial charge on any atom is -0.366 e. The molecular weight excluding hydrogens is 260 g/mol. The molecule has 4 nitrogen and oxygen atoms in total. The van der Waals surface area contributed by atoms with Gasteiger partial charge in [-0.25, -0.2) is 9.97 Å². The minimum atomic E-state index is 0.826. The van der Waals surface area contributed by atoms with E-state index < -0.39 is 0 Å². The number of benzene rings is 1. The van der Waals surface area contributed by atoms with Crippen LogP contribution in [0.5, 0.6) is 0 Å². The van der Waals surface area contributed by atoms with Crippen LogP contribution >= 0.6 is 0 Å². The number of hydrogen-bond acceptors (Lipinski definition) is 4. The summed E-state index contributed by atoms with van der Waals surface area (Å²) in [5.41, 5.74) is 5.67. The van der Waals surface area contributed by atoms with Gasteiger partial charge in [0, 0.05) is 31.7 Å². The first-order chi connectivity index (χ1) is 10.1. The van der Waals surface area contributed by atoms with Gasteiger partial charge in [0.15, 0.2) is 5.82 Å². The lowest BCUT2D eigenvalue weighted by atomic mass is 10.1. The first-order valence-corrected chi connectivity index (χ1v) is 7.53. The van der Waals surface area contributed by atoms with Crippen molar-refractivity contribution in [3.63, 3.8) is 0 Å². The second-order valence-electron chi connectivity index (χ2n) is 5.67. The van der Waals surface area contributed by atoms with Crippen molar-refractivity contribution in [2.24, 2.45) is 0 Å². The van der Waals surface area contributed by atoms with E-state index in [1.807, 2.05) is 0 Å². The van der Waals surface area contributed by atoms with E-state index in [0.717, 1.165) is 49.0 Å². The number of anilines is 1. The summed E-state index contributed by atoms with van der Waals surface area (Å²) in [7, 11) is 0. The zero-order valence-electron chi connectivity index (χ0n) is 13.0. The molecular formula is C17H22N4. The van der Waals surface area contributed by atoms with Gasteiger partial charge in [-0.3, -0.25) is 0 Å². The van der Waals surface area contributed by atoms with Gasteiger partial charge >= 0.3 is 0 Å². The molecule has 0 amide bonds. The van der Waals surface area contributed by atoms with Crippen LogP contribution in [-0.2, 0) is 0 Å². The zero-order chi connectivity index (χ0) is 14.8. The number of nitrogens with one attached hydrogen (secondary N) is 1. The molecule has 110 valence electrons. The van der Waals surface area contributed by atoms with Crippen molar-refractivity contribution in [1.29, 1.82) is 0 Å². The number of piperazine rings is 1. The first-order valence-electron chi connectivity index (χ1n) is 7.53. The van der Waals surface area contributed by atoms with Crippen LogP contribution in [-0.4, -0.2) is 36.1 Å². The molecule has 0 atom stereocenters. The predicted octanol–water partition coefficient (Wildman–Crippen LogP) is 2.48. The molecule has 1 aromatic carbocycles. The molecule has 1 fully saturated rings. The molecule has 4 heteroatoms. The van der Waals surface area contributed by atoms with Crippen molar-refractivity contribution in [3.05, 3.63) is 41.2 Å². The van der Waals surface area contributed by atoms with Crippen LogP contribution in [0.4, 0.5) is 5.69 Å².